The van der Waals surface area contributed by atoms with Crippen molar-refractivity contribution in [1.82, 2.24) is 19.6 Å². The second-order valence-corrected chi connectivity index (χ2v) is 10.5. The predicted molar refractivity (Wildman–Crippen MR) is 125 cm³/mol. The molecule has 0 unspecified atom stereocenters. The highest BCUT2D eigenvalue weighted by atomic mass is 15.3. The van der Waals surface area contributed by atoms with E-state index in [9.17, 15) is 0 Å². The molecule has 2 heterocycles. The van der Waals surface area contributed by atoms with Crippen LogP contribution in [-0.2, 0) is 6.42 Å². The van der Waals surface area contributed by atoms with Crippen LogP contribution in [0.4, 0.5) is 0 Å². The van der Waals surface area contributed by atoms with Crippen LogP contribution in [0.15, 0.2) is 30.3 Å². The van der Waals surface area contributed by atoms with Gasteiger partial charge in [0.15, 0.2) is 0 Å². The minimum Gasteiger partial charge on any atom is -0.304 e. The van der Waals surface area contributed by atoms with Crippen LogP contribution in [0.25, 0.3) is 0 Å². The minimum absolute atomic E-state index is 0.287. The zero-order valence-corrected chi connectivity index (χ0v) is 19.7. The van der Waals surface area contributed by atoms with Crippen molar-refractivity contribution in [3.63, 3.8) is 0 Å². The molecule has 2 aliphatic heterocycles. The summed E-state index contributed by atoms with van der Waals surface area (Å²) in [6.07, 6.45) is 3.72. The van der Waals surface area contributed by atoms with Gasteiger partial charge in [0.25, 0.3) is 0 Å². The molecular weight excluding hydrogens is 356 g/mol. The van der Waals surface area contributed by atoms with Gasteiger partial charge in [-0.25, -0.2) is 0 Å². The van der Waals surface area contributed by atoms with Gasteiger partial charge in [0.1, 0.15) is 0 Å². The third-order valence-electron chi connectivity index (χ3n) is 7.50. The largest absolute Gasteiger partial charge is 0.304 e. The van der Waals surface area contributed by atoms with E-state index in [1.165, 1.54) is 83.7 Å². The summed E-state index contributed by atoms with van der Waals surface area (Å²) < 4.78 is 0. The number of piperazine rings is 2. The van der Waals surface area contributed by atoms with E-state index in [0.29, 0.717) is 5.54 Å². The molecule has 2 aliphatic rings. The monoisotopic (exact) mass is 400 g/mol. The van der Waals surface area contributed by atoms with Gasteiger partial charge in [-0.15, -0.1) is 0 Å². The molecule has 0 aliphatic carbocycles. The first-order chi connectivity index (χ1) is 13.8. The van der Waals surface area contributed by atoms with E-state index in [4.69, 9.17) is 0 Å². The van der Waals surface area contributed by atoms with Crippen molar-refractivity contribution in [3.05, 3.63) is 35.9 Å². The molecular formula is C25H44N4. The van der Waals surface area contributed by atoms with Crippen LogP contribution < -0.4 is 0 Å². The SMILES string of the molecule is CN1CCN(C(C)(C)CCC(C)(C)N2CCN(CCc3ccccc3)CC2)CC1. The fraction of sp³-hybridized carbons (Fsp3) is 0.760. The third kappa shape index (κ3) is 6.52. The van der Waals surface area contributed by atoms with Crippen LogP contribution in [0, 0.1) is 0 Å². The topological polar surface area (TPSA) is 13.0 Å². The van der Waals surface area contributed by atoms with Gasteiger partial charge >= 0.3 is 0 Å². The van der Waals surface area contributed by atoms with Crippen LogP contribution in [0.1, 0.15) is 46.1 Å². The molecule has 1 aromatic carbocycles. The van der Waals surface area contributed by atoms with Crippen molar-refractivity contribution in [1.29, 1.82) is 0 Å². The molecule has 3 rings (SSSR count). The maximum Gasteiger partial charge on any atom is 0.0155 e. The number of hydrogen-bond donors (Lipinski definition) is 0. The van der Waals surface area contributed by atoms with Gasteiger partial charge in [0, 0.05) is 70.0 Å². The van der Waals surface area contributed by atoms with E-state index in [1.54, 1.807) is 0 Å². The summed E-state index contributed by atoms with van der Waals surface area (Å²) >= 11 is 0. The Bertz CT molecular complexity index is 597. The predicted octanol–water partition coefficient (Wildman–Crippen LogP) is 3.43. The number of nitrogens with zero attached hydrogens (tertiary/aromatic N) is 4. The maximum absolute atomic E-state index is 2.74. The van der Waals surface area contributed by atoms with Crippen LogP contribution in [0.3, 0.4) is 0 Å². The van der Waals surface area contributed by atoms with E-state index in [1.807, 2.05) is 0 Å². The molecule has 0 amide bonds. The number of likely N-dealkylation sites (N-methyl/N-ethyl adjacent to an activating group) is 1. The summed E-state index contributed by atoms with van der Waals surface area (Å²) in [6, 6.07) is 10.9. The molecule has 0 spiro atoms. The summed E-state index contributed by atoms with van der Waals surface area (Å²) in [5.41, 5.74) is 2.05. The van der Waals surface area contributed by atoms with Crippen LogP contribution in [0.2, 0.25) is 0 Å². The maximum atomic E-state index is 2.74. The zero-order valence-electron chi connectivity index (χ0n) is 19.7. The summed E-state index contributed by atoms with van der Waals surface area (Å²) in [7, 11) is 2.24. The Kier molecular flexibility index (Phi) is 7.77. The quantitative estimate of drug-likeness (QED) is 0.663. The fourth-order valence-electron chi connectivity index (χ4n) is 4.85. The highest BCUT2D eigenvalue weighted by molar-refractivity contribution is 5.14. The Labute approximate surface area is 179 Å². The summed E-state index contributed by atoms with van der Waals surface area (Å²) in [5, 5.41) is 0. The van der Waals surface area contributed by atoms with Crippen molar-refractivity contribution in [2.75, 3.05) is 66.0 Å². The zero-order chi connectivity index (χ0) is 20.9. The first kappa shape index (κ1) is 22.7. The first-order valence-corrected chi connectivity index (χ1v) is 11.7. The van der Waals surface area contributed by atoms with Gasteiger partial charge in [-0.05, 0) is 59.6 Å². The Hall–Kier alpha value is -0.940. The van der Waals surface area contributed by atoms with E-state index in [0.717, 1.165) is 0 Å². The van der Waals surface area contributed by atoms with E-state index in [-0.39, 0.29) is 5.54 Å². The second kappa shape index (κ2) is 9.91. The number of benzene rings is 1. The van der Waals surface area contributed by atoms with Crippen molar-refractivity contribution < 1.29 is 0 Å². The third-order valence-corrected chi connectivity index (χ3v) is 7.50. The molecule has 0 atom stereocenters. The van der Waals surface area contributed by atoms with Crippen LogP contribution >= 0.6 is 0 Å². The fourth-order valence-corrected chi connectivity index (χ4v) is 4.85. The van der Waals surface area contributed by atoms with Gasteiger partial charge in [0.2, 0.25) is 0 Å². The summed E-state index contributed by atoms with van der Waals surface area (Å²) in [4.78, 5) is 10.6. The minimum atomic E-state index is 0.287. The molecule has 1 aromatic rings. The average molecular weight is 401 g/mol. The highest BCUT2D eigenvalue weighted by Gasteiger charge is 2.34. The van der Waals surface area contributed by atoms with Gasteiger partial charge < -0.3 is 9.80 Å². The Morgan fingerprint density at radius 3 is 1.69 bits per heavy atom. The molecule has 0 bridgehead atoms. The van der Waals surface area contributed by atoms with Gasteiger partial charge in [0.05, 0.1) is 0 Å². The van der Waals surface area contributed by atoms with Crippen LogP contribution in [-0.4, -0.2) is 96.6 Å². The molecule has 0 radical (unpaired) electrons. The Balaban J connectivity index is 1.42. The first-order valence-electron chi connectivity index (χ1n) is 11.7. The van der Waals surface area contributed by atoms with Crippen molar-refractivity contribution in [2.24, 2.45) is 0 Å². The van der Waals surface area contributed by atoms with Gasteiger partial charge in [-0.2, -0.15) is 0 Å². The van der Waals surface area contributed by atoms with E-state index in [2.05, 4.69) is 84.7 Å². The Morgan fingerprint density at radius 1 is 0.690 bits per heavy atom. The van der Waals surface area contributed by atoms with Gasteiger partial charge in [-0.3, -0.25) is 9.80 Å². The lowest BCUT2D eigenvalue weighted by molar-refractivity contribution is 0.0192. The summed E-state index contributed by atoms with van der Waals surface area (Å²) in [5.74, 6) is 0. The summed E-state index contributed by atoms with van der Waals surface area (Å²) in [6.45, 7) is 20.7. The number of hydrogen-bond acceptors (Lipinski definition) is 4. The number of rotatable bonds is 8. The molecule has 0 saturated carbocycles. The molecule has 2 fully saturated rings. The molecule has 0 aromatic heterocycles. The molecule has 164 valence electrons. The molecule has 29 heavy (non-hydrogen) atoms. The second-order valence-electron chi connectivity index (χ2n) is 10.5. The van der Waals surface area contributed by atoms with Gasteiger partial charge in [-0.1, -0.05) is 30.3 Å². The Morgan fingerprint density at radius 2 is 1.17 bits per heavy atom. The van der Waals surface area contributed by atoms with Crippen molar-refractivity contribution in [2.45, 2.75) is 58.0 Å². The van der Waals surface area contributed by atoms with E-state index < -0.39 is 0 Å². The van der Waals surface area contributed by atoms with Crippen molar-refractivity contribution >= 4 is 0 Å². The molecule has 4 heteroatoms. The lowest BCUT2D eigenvalue weighted by Crippen LogP contribution is -2.57. The standard InChI is InChI=1S/C25H44N4/c1-24(2,28-19-15-26(5)16-20-28)12-13-25(3,4)29-21-17-27(18-22-29)14-11-23-9-7-6-8-10-23/h6-10H,11-22H2,1-5H3. The van der Waals surface area contributed by atoms with Crippen LogP contribution in [0.5, 0.6) is 0 Å². The van der Waals surface area contributed by atoms with E-state index >= 15 is 0 Å². The smallest absolute Gasteiger partial charge is 0.0155 e. The molecule has 4 nitrogen and oxygen atoms in total. The normalized spacial score (nSPS) is 21.6. The highest BCUT2D eigenvalue weighted by Crippen LogP contribution is 2.29. The molecule has 0 N–H and O–H groups in total. The lowest BCUT2D eigenvalue weighted by Gasteiger charge is -2.48. The molecule has 2 saturated heterocycles. The van der Waals surface area contributed by atoms with Crippen molar-refractivity contribution in [3.8, 4) is 0 Å². The lowest BCUT2D eigenvalue weighted by atomic mass is 9.86. The average Bonchev–Trinajstić information content (AvgIpc) is 2.72.